The average Bonchev–Trinajstić information content (AvgIpc) is 2.59. The van der Waals surface area contributed by atoms with E-state index in [0.29, 0.717) is 5.69 Å². The molecule has 0 radical (unpaired) electrons. The molecule has 23 heavy (non-hydrogen) atoms. The van der Waals surface area contributed by atoms with Gasteiger partial charge in [-0.15, -0.1) is 0 Å². The van der Waals surface area contributed by atoms with Crippen LogP contribution in [-0.2, 0) is 12.8 Å². The lowest BCUT2D eigenvalue weighted by molar-refractivity contribution is 0.0914. The predicted molar refractivity (Wildman–Crippen MR) is 90.0 cm³/mol. The first-order chi connectivity index (χ1) is 11.1. The maximum Gasteiger partial charge on any atom is 0.181 e. The lowest BCUT2D eigenvalue weighted by atomic mass is 9.89. The van der Waals surface area contributed by atoms with Gasteiger partial charge in [0, 0.05) is 24.6 Å². The number of hydrogen-bond acceptors (Lipinski definition) is 3. The number of benzene rings is 1. The number of aryl methyl sites for hydroxylation is 3. The average molecular weight is 307 g/mol. The van der Waals surface area contributed by atoms with E-state index in [-0.39, 0.29) is 24.4 Å². The molecule has 0 spiro atoms. The molecular weight excluding hydrogens is 286 g/mol. The second kappa shape index (κ2) is 6.86. The molecule has 0 amide bonds. The Balaban J connectivity index is 1.66. The summed E-state index contributed by atoms with van der Waals surface area (Å²) in [6.45, 7) is 1.87. The van der Waals surface area contributed by atoms with Crippen molar-refractivity contribution in [2.45, 2.75) is 45.4 Å². The van der Waals surface area contributed by atoms with Gasteiger partial charge in [-0.05, 0) is 61.4 Å². The van der Waals surface area contributed by atoms with Crippen LogP contribution in [0.4, 0.5) is 0 Å². The molecule has 2 aromatic rings. The van der Waals surface area contributed by atoms with Crippen molar-refractivity contribution < 1.29 is 9.59 Å². The van der Waals surface area contributed by atoms with Gasteiger partial charge >= 0.3 is 0 Å². The Morgan fingerprint density at radius 1 is 1.00 bits per heavy atom. The van der Waals surface area contributed by atoms with E-state index in [2.05, 4.69) is 11.1 Å². The molecule has 1 aromatic heterocycles. The normalized spacial score (nSPS) is 13.4. The maximum absolute atomic E-state index is 12.4. The number of pyridine rings is 1. The largest absolute Gasteiger partial charge is 0.294 e. The summed E-state index contributed by atoms with van der Waals surface area (Å²) in [4.78, 5) is 28.7. The molecule has 3 heteroatoms. The summed E-state index contributed by atoms with van der Waals surface area (Å²) in [6, 6.07) is 9.68. The highest BCUT2D eigenvalue weighted by atomic mass is 16.1. The molecule has 0 fully saturated rings. The number of carbonyl (C=O) groups is 2. The first kappa shape index (κ1) is 15.6. The molecular formula is C20H21NO2. The van der Waals surface area contributed by atoms with Crippen LogP contribution in [0.2, 0.25) is 0 Å². The Morgan fingerprint density at radius 3 is 2.52 bits per heavy atom. The summed E-state index contributed by atoms with van der Waals surface area (Å²) in [5.41, 5.74) is 4.74. The second-order valence-electron chi connectivity index (χ2n) is 6.21. The van der Waals surface area contributed by atoms with Crippen molar-refractivity contribution in [2.24, 2.45) is 0 Å². The number of fused-ring (bicyclic) bond motifs is 1. The number of hydrogen-bond donors (Lipinski definition) is 0. The zero-order chi connectivity index (χ0) is 16.2. The standard InChI is InChI=1S/C20H21NO2/c1-14-5-4-12-21-20(14)19(23)11-10-18(22)17-9-8-15-6-2-3-7-16(15)13-17/h4-5,8-9,12-13H,2-3,6-7,10-11H2,1H3. The highest BCUT2D eigenvalue weighted by molar-refractivity contribution is 6.02. The van der Waals surface area contributed by atoms with Crippen LogP contribution in [0.15, 0.2) is 36.5 Å². The van der Waals surface area contributed by atoms with Crippen LogP contribution in [-0.4, -0.2) is 16.6 Å². The molecule has 1 aromatic carbocycles. The van der Waals surface area contributed by atoms with Crippen molar-refractivity contribution in [3.8, 4) is 0 Å². The molecule has 0 bridgehead atoms. The quantitative estimate of drug-likeness (QED) is 0.781. The molecule has 1 aliphatic carbocycles. The van der Waals surface area contributed by atoms with Crippen LogP contribution in [0.3, 0.4) is 0 Å². The number of carbonyl (C=O) groups excluding carboxylic acids is 2. The summed E-state index contributed by atoms with van der Waals surface area (Å²) in [7, 11) is 0. The molecule has 0 saturated heterocycles. The fourth-order valence-corrected chi connectivity index (χ4v) is 3.17. The molecule has 0 atom stereocenters. The summed E-state index contributed by atoms with van der Waals surface area (Å²) < 4.78 is 0. The van der Waals surface area contributed by atoms with Gasteiger partial charge in [-0.1, -0.05) is 18.2 Å². The van der Waals surface area contributed by atoms with E-state index in [9.17, 15) is 9.59 Å². The van der Waals surface area contributed by atoms with E-state index in [4.69, 9.17) is 0 Å². The Morgan fingerprint density at radius 2 is 1.74 bits per heavy atom. The molecule has 0 unspecified atom stereocenters. The van der Waals surface area contributed by atoms with E-state index >= 15 is 0 Å². The van der Waals surface area contributed by atoms with Crippen molar-refractivity contribution in [1.29, 1.82) is 0 Å². The predicted octanol–water partition coefficient (Wildman–Crippen LogP) is 4.11. The van der Waals surface area contributed by atoms with Crippen molar-refractivity contribution in [2.75, 3.05) is 0 Å². The summed E-state index contributed by atoms with van der Waals surface area (Å²) in [6.07, 6.45) is 6.68. The van der Waals surface area contributed by atoms with Gasteiger partial charge in [0.2, 0.25) is 0 Å². The van der Waals surface area contributed by atoms with Gasteiger partial charge in [-0.2, -0.15) is 0 Å². The summed E-state index contributed by atoms with van der Waals surface area (Å²) in [5.74, 6) is -0.0188. The number of ketones is 2. The molecule has 0 aliphatic heterocycles. The lowest BCUT2D eigenvalue weighted by Crippen LogP contribution is -2.09. The fourth-order valence-electron chi connectivity index (χ4n) is 3.17. The first-order valence-electron chi connectivity index (χ1n) is 8.25. The van der Waals surface area contributed by atoms with Gasteiger partial charge in [0.25, 0.3) is 0 Å². The van der Waals surface area contributed by atoms with Crippen LogP contribution in [0.25, 0.3) is 0 Å². The summed E-state index contributed by atoms with van der Waals surface area (Å²) >= 11 is 0. The van der Waals surface area contributed by atoms with E-state index in [0.717, 1.165) is 24.0 Å². The molecule has 0 N–H and O–H groups in total. The monoisotopic (exact) mass is 307 g/mol. The van der Waals surface area contributed by atoms with E-state index in [1.165, 1.54) is 24.0 Å². The van der Waals surface area contributed by atoms with Gasteiger partial charge in [0.05, 0.1) is 0 Å². The van der Waals surface area contributed by atoms with Crippen LogP contribution in [0.1, 0.15) is 63.2 Å². The molecule has 1 heterocycles. The summed E-state index contributed by atoms with van der Waals surface area (Å²) in [5, 5.41) is 0. The van der Waals surface area contributed by atoms with Crippen molar-refractivity contribution in [1.82, 2.24) is 4.98 Å². The number of Topliss-reactive ketones (excluding diaryl/α,β-unsaturated/α-hetero) is 2. The highest BCUT2D eigenvalue weighted by Gasteiger charge is 2.16. The Labute approximate surface area is 136 Å². The van der Waals surface area contributed by atoms with Crippen LogP contribution in [0.5, 0.6) is 0 Å². The van der Waals surface area contributed by atoms with Gasteiger partial charge in [-0.25, -0.2) is 0 Å². The smallest absolute Gasteiger partial charge is 0.181 e. The van der Waals surface area contributed by atoms with Gasteiger partial charge in [0.1, 0.15) is 5.69 Å². The third kappa shape index (κ3) is 3.55. The number of aromatic nitrogens is 1. The van der Waals surface area contributed by atoms with E-state index in [1.807, 2.05) is 31.2 Å². The zero-order valence-corrected chi connectivity index (χ0v) is 13.5. The fraction of sp³-hybridized carbons (Fsp3) is 0.350. The number of rotatable bonds is 5. The third-order valence-electron chi connectivity index (χ3n) is 4.52. The maximum atomic E-state index is 12.4. The highest BCUT2D eigenvalue weighted by Crippen LogP contribution is 2.23. The van der Waals surface area contributed by atoms with E-state index < -0.39 is 0 Å². The van der Waals surface area contributed by atoms with E-state index in [1.54, 1.807) is 6.20 Å². The van der Waals surface area contributed by atoms with Crippen molar-refractivity contribution in [3.05, 3.63) is 64.5 Å². The van der Waals surface area contributed by atoms with Crippen molar-refractivity contribution in [3.63, 3.8) is 0 Å². The topological polar surface area (TPSA) is 47.0 Å². The number of nitrogens with zero attached hydrogens (tertiary/aromatic N) is 1. The van der Waals surface area contributed by atoms with Crippen LogP contribution < -0.4 is 0 Å². The minimum Gasteiger partial charge on any atom is -0.294 e. The molecule has 0 saturated carbocycles. The van der Waals surface area contributed by atoms with Crippen LogP contribution in [0, 0.1) is 6.92 Å². The van der Waals surface area contributed by atoms with Gasteiger partial charge < -0.3 is 0 Å². The van der Waals surface area contributed by atoms with Crippen LogP contribution >= 0.6 is 0 Å². The lowest BCUT2D eigenvalue weighted by Gasteiger charge is -2.16. The molecule has 3 nitrogen and oxygen atoms in total. The molecule has 1 aliphatic rings. The zero-order valence-electron chi connectivity index (χ0n) is 13.5. The van der Waals surface area contributed by atoms with Crippen molar-refractivity contribution >= 4 is 11.6 Å². The first-order valence-corrected chi connectivity index (χ1v) is 8.25. The Kier molecular flexibility index (Phi) is 4.65. The van der Waals surface area contributed by atoms with Gasteiger partial charge in [0.15, 0.2) is 11.6 Å². The minimum absolute atomic E-state index is 0.0420. The molecule has 118 valence electrons. The second-order valence-corrected chi connectivity index (χ2v) is 6.21. The third-order valence-corrected chi connectivity index (χ3v) is 4.52. The molecule has 3 rings (SSSR count). The SMILES string of the molecule is Cc1cccnc1C(=O)CCC(=O)c1ccc2c(c1)CCCC2. The minimum atomic E-state index is -0.0607. The Bertz CT molecular complexity index is 749. The van der Waals surface area contributed by atoms with Gasteiger partial charge in [-0.3, -0.25) is 14.6 Å². The Hall–Kier alpha value is -2.29.